The van der Waals surface area contributed by atoms with E-state index in [-0.39, 0.29) is 11.9 Å². The van der Waals surface area contributed by atoms with Crippen molar-refractivity contribution in [1.29, 1.82) is 0 Å². The Bertz CT molecular complexity index is 496. The van der Waals surface area contributed by atoms with Gasteiger partial charge in [0.2, 0.25) is 0 Å². The van der Waals surface area contributed by atoms with Gasteiger partial charge in [-0.05, 0) is 36.1 Å². The molecule has 2 rings (SSSR count). The molecule has 0 bridgehead atoms. The third-order valence-corrected chi connectivity index (χ3v) is 4.58. The van der Waals surface area contributed by atoms with Crippen LogP contribution in [0.1, 0.15) is 16.5 Å². The SMILES string of the molecule is Cc1sccc1C(N)CSc1ccccc1F. The molecule has 1 atom stereocenters. The van der Waals surface area contributed by atoms with Gasteiger partial charge in [-0.15, -0.1) is 23.1 Å². The molecule has 0 fully saturated rings. The number of aryl methyl sites for hydroxylation is 1. The van der Waals surface area contributed by atoms with E-state index in [1.165, 1.54) is 28.3 Å². The molecule has 1 heterocycles. The summed E-state index contributed by atoms with van der Waals surface area (Å²) in [5.41, 5.74) is 7.27. The summed E-state index contributed by atoms with van der Waals surface area (Å²) < 4.78 is 13.4. The van der Waals surface area contributed by atoms with Crippen LogP contribution in [0.3, 0.4) is 0 Å². The fourth-order valence-corrected chi connectivity index (χ4v) is 3.30. The summed E-state index contributed by atoms with van der Waals surface area (Å²) in [5, 5.41) is 2.04. The molecule has 4 heteroatoms. The molecule has 0 amide bonds. The first kappa shape index (κ1) is 12.6. The van der Waals surface area contributed by atoms with Gasteiger partial charge in [0.15, 0.2) is 0 Å². The molecule has 0 saturated carbocycles. The van der Waals surface area contributed by atoms with Crippen LogP contribution in [0.25, 0.3) is 0 Å². The quantitative estimate of drug-likeness (QED) is 0.848. The number of hydrogen-bond donors (Lipinski definition) is 1. The number of benzene rings is 1. The number of thiophene rings is 1. The van der Waals surface area contributed by atoms with Crippen LogP contribution < -0.4 is 5.73 Å². The zero-order chi connectivity index (χ0) is 12.3. The summed E-state index contributed by atoms with van der Waals surface area (Å²) in [6, 6.07) is 8.81. The van der Waals surface area contributed by atoms with E-state index in [1.807, 2.05) is 17.5 Å². The lowest BCUT2D eigenvalue weighted by molar-refractivity contribution is 0.602. The summed E-state index contributed by atoms with van der Waals surface area (Å²) in [6.45, 7) is 2.06. The molecule has 90 valence electrons. The van der Waals surface area contributed by atoms with Gasteiger partial charge in [-0.3, -0.25) is 0 Å². The molecule has 0 aliphatic carbocycles. The first-order valence-corrected chi connectivity index (χ1v) is 7.22. The van der Waals surface area contributed by atoms with Crippen molar-refractivity contribution in [1.82, 2.24) is 0 Å². The Morgan fingerprint density at radius 2 is 2.12 bits per heavy atom. The monoisotopic (exact) mass is 267 g/mol. The second kappa shape index (κ2) is 5.67. The summed E-state index contributed by atoms with van der Waals surface area (Å²) in [4.78, 5) is 1.91. The van der Waals surface area contributed by atoms with Crippen molar-refractivity contribution in [2.75, 3.05) is 5.75 Å². The van der Waals surface area contributed by atoms with Crippen LogP contribution in [-0.4, -0.2) is 5.75 Å². The summed E-state index contributed by atoms with van der Waals surface area (Å²) in [5.74, 6) is 0.519. The minimum absolute atomic E-state index is 0.0362. The van der Waals surface area contributed by atoms with E-state index >= 15 is 0 Å². The highest BCUT2D eigenvalue weighted by Crippen LogP contribution is 2.28. The highest BCUT2D eigenvalue weighted by molar-refractivity contribution is 7.99. The minimum atomic E-state index is -0.174. The Hall–Kier alpha value is -0.840. The first-order valence-electron chi connectivity index (χ1n) is 5.35. The van der Waals surface area contributed by atoms with Crippen LogP contribution in [0, 0.1) is 12.7 Å². The molecule has 2 N–H and O–H groups in total. The number of nitrogens with two attached hydrogens (primary N) is 1. The Balaban J connectivity index is 2.00. The highest BCUT2D eigenvalue weighted by Gasteiger charge is 2.11. The lowest BCUT2D eigenvalue weighted by Crippen LogP contribution is -2.13. The van der Waals surface area contributed by atoms with Crippen molar-refractivity contribution in [3.8, 4) is 0 Å². The highest BCUT2D eigenvalue weighted by atomic mass is 32.2. The van der Waals surface area contributed by atoms with Gasteiger partial charge in [0.25, 0.3) is 0 Å². The van der Waals surface area contributed by atoms with Gasteiger partial charge >= 0.3 is 0 Å². The van der Waals surface area contributed by atoms with Crippen molar-refractivity contribution >= 4 is 23.1 Å². The molecule has 2 aromatic rings. The molecule has 1 unspecified atom stereocenters. The summed E-state index contributed by atoms with van der Waals surface area (Å²) >= 11 is 3.16. The maximum absolute atomic E-state index is 13.4. The molecular formula is C13H14FNS2. The van der Waals surface area contributed by atoms with Crippen LogP contribution >= 0.6 is 23.1 Å². The average molecular weight is 267 g/mol. The van der Waals surface area contributed by atoms with Crippen molar-refractivity contribution in [3.05, 3.63) is 52.0 Å². The number of hydrogen-bond acceptors (Lipinski definition) is 3. The first-order chi connectivity index (χ1) is 8.18. The molecule has 0 radical (unpaired) electrons. The van der Waals surface area contributed by atoms with Gasteiger partial charge in [-0.2, -0.15) is 0 Å². The third kappa shape index (κ3) is 3.09. The summed E-state index contributed by atoms with van der Waals surface area (Å²) in [7, 11) is 0. The second-order valence-electron chi connectivity index (χ2n) is 3.78. The third-order valence-electron chi connectivity index (χ3n) is 2.55. The fraction of sp³-hybridized carbons (Fsp3) is 0.231. The Labute approximate surface area is 109 Å². The molecule has 1 aromatic heterocycles. The van der Waals surface area contributed by atoms with Gasteiger partial charge in [0.05, 0.1) is 0 Å². The zero-order valence-corrected chi connectivity index (χ0v) is 11.2. The van der Waals surface area contributed by atoms with Crippen molar-refractivity contribution in [3.63, 3.8) is 0 Å². The van der Waals surface area contributed by atoms with E-state index in [9.17, 15) is 4.39 Å². The lowest BCUT2D eigenvalue weighted by atomic mass is 10.1. The molecular weight excluding hydrogens is 253 g/mol. The minimum Gasteiger partial charge on any atom is -0.323 e. The van der Waals surface area contributed by atoms with Gasteiger partial charge in [-0.1, -0.05) is 12.1 Å². The summed E-state index contributed by atoms with van der Waals surface area (Å²) in [6.07, 6.45) is 0. The van der Waals surface area contributed by atoms with Crippen LogP contribution in [-0.2, 0) is 0 Å². The van der Waals surface area contributed by atoms with Crippen molar-refractivity contribution in [2.24, 2.45) is 5.73 Å². The fourth-order valence-electron chi connectivity index (χ4n) is 1.61. The van der Waals surface area contributed by atoms with Gasteiger partial charge in [0.1, 0.15) is 5.82 Å². The lowest BCUT2D eigenvalue weighted by Gasteiger charge is -2.11. The van der Waals surface area contributed by atoms with Gasteiger partial charge in [0, 0.05) is 21.6 Å². The maximum atomic E-state index is 13.4. The van der Waals surface area contributed by atoms with Crippen molar-refractivity contribution in [2.45, 2.75) is 17.9 Å². The van der Waals surface area contributed by atoms with Crippen molar-refractivity contribution < 1.29 is 4.39 Å². The second-order valence-corrected chi connectivity index (χ2v) is 5.96. The normalized spacial score (nSPS) is 12.6. The van der Waals surface area contributed by atoms with Gasteiger partial charge < -0.3 is 5.73 Å². The largest absolute Gasteiger partial charge is 0.323 e. The van der Waals surface area contributed by atoms with Crippen LogP contribution in [0.4, 0.5) is 4.39 Å². The predicted octanol–water partition coefficient (Wildman–Crippen LogP) is 3.99. The van der Waals surface area contributed by atoms with Crippen LogP contribution in [0.2, 0.25) is 0 Å². The molecule has 0 aliphatic rings. The smallest absolute Gasteiger partial charge is 0.136 e. The molecule has 17 heavy (non-hydrogen) atoms. The van der Waals surface area contributed by atoms with E-state index in [0.29, 0.717) is 10.6 Å². The zero-order valence-electron chi connectivity index (χ0n) is 9.52. The standard InChI is InChI=1S/C13H14FNS2/c1-9-10(6-7-16-9)12(15)8-17-13-5-3-2-4-11(13)14/h2-7,12H,8,15H2,1H3. The molecule has 1 aromatic carbocycles. The van der Waals surface area contributed by atoms with Crippen LogP contribution in [0.5, 0.6) is 0 Å². The van der Waals surface area contributed by atoms with E-state index in [2.05, 4.69) is 6.92 Å². The Kier molecular flexibility index (Phi) is 4.20. The predicted molar refractivity (Wildman–Crippen MR) is 73.1 cm³/mol. The van der Waals surface area contributed by atoms with E-state index in [1.54, 1.807) is 23.5 Å². The topological polar surface area (TPSA) is 26.0 Å². The number of halogens is 1. The Morgan fingerprint density at radius 3 is 2.76 bits per heavy atom. The average Bonchev–Trinajstić information content (AvgIpc) is 2.74. The van der Waals surface area contributed by atoms with Gasteiger partial charge in [-0.25, -0.2) is 4.39 Å². The van der Waals surface area contributed by atoms with Crippen LogP contribution in [0.15, 0.2) is 40.6 Å². The van der Waals surface area contributed by atoms with E-state index in [0.717, 1.165) is 0 Å². The number of rotatable bonds is 4. The molecule has 0 spiro atoms. The van der Waals surface area contributed by atoms with E-state index < -0.39 is 0 Å². The van der Waals surface area contributed by atoms with E-state index in [4.69, 9.17) is 5.73 Å². The molecule has 0 aliphatic heterocycles. The maximum Gasteiger partial charge on any atom is 0.136 e. The molecule has 1 nitrogen and oxygen atoms in total. The Morgan fingerprint density at radius 1 is 1.35 bits per heavy atom. The molecule has 0 saturated heterocycles. The number of thioether (sulfide) groups is 1.